The Morgan fingerprint density at radius 2 is 2.19 bits per heavy atom. The van der Waals surface area contributed by atoms with Crippen LogP contribution in [0.1, 0.15) is 34.1 Å². The van der Waals surface area contributed by atoms with Crippen LogP contribution < -0.4 is 10.6 Å². The van der Waals surface area contributed by atoms with Crippen molar-refractivity contribution >= 4 is 6.03 Å². The van der Waals surface area contributed by atoms with E-state index < -0.39 is 0 Å². The Morgan fingerprint density at radius 3 is 2.69 bits per heavy atom. The van der Waals surface area contributed by atoms with Gasteiger partial charge >= 0.3 is 6.03 Å². The summed E-state index contributed by atoms with van der Waals surface area (Å²) in [6.45, 7) is 10.2. The molecule has 0 aromatic heterocycles. The summed E-state index contributed by atoms with van der Waals surface area (Å²) in [5.41, 5.74) is -0.120. The van der Waals surface area contributed by atoms with E-state index in [0.717, 1.165) is 19.5 Å². The van der Waals surface area contributed by atoms with E-state index >= 15 is 0 Å². The molecule has 0 aliphatic carbocycles. The maximum absolute atomic E-state index is 11.9. The molecule has 1 aliphatic rings. The molecule has 4 nitrogen and oxygen atoms in total. The number of hydrogen-bond acceptors (Lipinski definition) is 2. The third-order valence-corrected chi connectivity index (χ3v) is 3.07. The molecule has 0 saturated carbocycles. The predicted octanol–water partition coefficient (Wildman–Crippen LogP) is 1.42. The van der Waals surface area contributed by atoms with E-state index in [1.165, 1.54) is 0 Å². The molecule has 4 heteroatoms. The molecule has 0 spiro atoms. The molecule has 1 atom stereocenters. The van der Waals surface area contributed by atoms with Gasteiger partial charge in [0.25, 0.3) is 0 Å². The third-order valence-electron chi connectivity index (χ3n) is 3.07. The smallest absolute Gasteiger partial charge is 0.318 e. The zero-order valence-corrected chi connectivity index (χ0v) is 11.1. The molecule has 16 heavy (non-hydrogen) atoms. The largest absolute Gasteiger partial charge is 0.333 e. The van der Waals surface area contributed by atoms with Gasteiger partial charge in [0.15, 0.2) is 0 Å². The summed E-state index contributed by atoms with van der Waals surface area (Å²) in [7, 11) is 1.92. The molecule has 2 amide bonds. The highest BCUT2D eigenvalue weighted by Crippen LogP contribution is 2.21. The second-order valence-corrected chi connectivity index (χ2v) is 5.73. The molecule has 1 rings (SSSR count). The van der Waals surface area contributed by atoms with Crippen LogP contribution in [0.3, 0.4) is 0 Å². The van der Waals surface area contributed by atoms with E-state index in [0.29, 0.717) is 12.0 Å². The molecule has 1 aliphatic heterocycles. The monoisotopic (exact) mass is 227 g/mol. The van der Waals surface area contributed by atoms with Crippen molar-refractivity contribution in [2.24, 2.45) is 5.92 Å². The second-order valence-electron chi connectivity index (χ2n) is 5.73. The number of likely N-dealkylation sites (N-methyl/N-ethyl adjacent to an activating group) is 1. The molecule has 94 valence electrons. The molecule has 1 heterocycles. The lowest BCUT2D eigenvalue weighted by molar-refractivity contribution is 0.157. The maximum atomic E-state index is 11.9. The Hall–Kier alpha value is -0.770. The Morgan fingerprint density at radius 1 is 1.56 bits per heavy atom. The SMILES string of the molecule is CNCC(C)(C)N1CC(CC(C)C)NC1=O. The quantitative estimate of drug-likeness (QED) is 0.746. The maximum Gasteiger partial charge on any atom is 0.318 e. The minimum absolute atomic E-state index is 0.0749. The molecular weight excluding hydrogens is 202 g/mol. The standard InChI is InChI=1S/C12H25N3O/c1-9(2)6-10-7-15(11(16)14-10)12(3,4)8-13-5/h9-10,13H,6-8H2,1-5H3,(H,14,16). The van der Waals surface area contributed by atoms with Gasteiger partial charge in [0, 0.05) is 19.1 Å². The molecule has 1 fully saturated rings. The lowest BCUT2D eigenvalue weighted by Gasteiger charge is -2.34. The average Bonchev–Trinajstić information content (AvgIpc) is 2.45. The third kappa shape index (κ3) is 3.11. The summed E-state index contributed by atoms with van der Waals surface area (Å²) in [4.78, 5) is 13.8. The number of urea groups is 1. The number of carbonyl (C=O) groups is 1. The number of rotatable bonds is 5. The molecule has 0 aromatic rings. The second kappa shape index (κ2) is 5.04. The van der Waals surface area contributed by atoms with Gasteiger partial charge < -0.3 is 15.5 Å². The van der Waals surface area contributed by atoms with E-state index in [9.17, 15) is 4.79 Å². The molecule has 0 radical (unpaired) electrons. The predicted molar refractivity (Wildman–Crippen MR) is 66.5 cm³/mol. The Bertz CT molecular complexity index is 251. The fourth-order valence-corrected chi connectivity index (χ4v) is 2.35. The minimum atomic E-state index is -0.120. The molecule has 1 unspecified atom stereocenters. The summed E-state index contributed by atoms with van der Waals surface area (Å²) in [5, 5.41) is 6.20. The number of nitrogens with one attached hydrogen (secondary N) is 2. The summed E-state index contributed by atoms with van der Waals surface area (Å²) < 4.78 is 0. The zero-order chi connectivity index (χ0) is 12.3. The molecule has 2 N–H and O–H groups in total. The van der Waals surface area contributed by atoms with E-state index in [-0.39, 0.29) is 11.6 Å². The van der Waals surface area contributed by atoms with Crippen LogP contribution >= 0.6 is 0 Å². The van der Waals surface area contributed by atoms with Gasteiger partial charge in [-0.3, -0.25) is 0 Å². The fourth-order valence-electron chi connectivity index (χ4n) is 2.35. The van der Waals surface area contributed by atoms with Crippen molar-refractivity contribution in [3.05, 3.63) is 0 Å². The first-order valence-corrected chi connectivity index (χ1v) is 6.09. The first-order chi connectivity index (χ1) is 7.36. The number of hydrogen-bond donors (Lipinski definition) is 2. The van der Waals surface area contributed by atoms with Gasteiger partial charge in [-0.05, 0) is 33.2 Å². The van der Waals surface area contributed by atoms with Gasteiger partial charge in [-0.2, -0.15) is 0 Å². The summed E-state index contributed by atoms with van der Waals surface area (Å²) >= 11 is 0. The zero-order valence-electron chi connectivity index (χ0n) is 11.1. The first kappa shape index (κ1) is 13.3. The van der Waals surface area contributed by atoms with E-state index in [1.54, 1.807) is 0 Å². The molecule has 0 aromatic carbocycles. The highest BCUT2D eigenvalue weighted by Gasteiger charge is 2.37. The van der Waals surface area contributed by atoms with E-state index in [4.69, 9.17) is 0 Å². The highest BCUT2D eigenvalue weighted by atomic mass is 16.2. The number of carbonyl (C=O) groups excluding carboxylic acids is 1. The van der Waals surface area contributed by atoms with Gasteiger partial charge in [0.05, 0.1) is 5.54 Å². The first-order valence-electron chi connectivity index (χ1n) is 6.09. The van der Waals surface area contributed by atoms with Crippen LogP contribution in [0.5, 0.6) is 0 Å². The van der Waals surface area contributed by atoms with Crippen LogP contribution in [0, 0.1) is 5.92 Å². The topological polar surface area (TPSA) is 44.4 Å². The van der Waals surface area contributed by atoms with Gasteiger partial charge in [0.2, 0.25) is 0 Å². The summed E-state index contributed by atoms with van der Waals surface area (Å²) in [6.07, 6.45) is 1.05. The minimum Gasteiger partial charge on any atom is -0.333 e. The average molecular weight is 227 g/mol. The summed E-state index contributed by atoms with van der Waals surface area (Å²) in [5.74, 6) is 0.623. The molecule has 0 bridgehead atoms. The van der Waals surface area contributed by atoms with Gasteiger partial charge in [-0.1, -0.05) is 13.8 Å². The van der Waals surface area contributed by atoms with Crippen molar-refractivity contribution in [1.29, 1.82) is 0 Å². The normalized spacial score (nSPS) is 21.8. The van der Waals surface area contributed by atoms with Crippen molar-refractivity contribution in [1.82, 2.24) is 15.5 Å². The van der Waals surface area contributed by atoms with Crippen molar-refractivity contribution in [3.8, 4) is 0 Å². The van der Waals surface area contributed by atoms with E-state index in [2.05, 4.69) is 38.3 Å². The lowest BCUT2D eigenvalue weighted by Crippen LogP contribution is -2.51. The lowest BCUT2D eigenvalue weighted by atomic mass is 10.0. The highest BCUT2D eigenvalue weighted by molar-refractivity contribution is 5.77. The number of nitrogens with zero attached hydrogens (tertiary/aromatic N) is 1. The Kier molecular flexibility index (Phi) is 4.19. The molecular formula is C12H25N3O. The van der Waals surface area contributed by atoms with Gasteiger partial charge in [-0.15, -0.1) is 0 Å². The Labute approximate surface area is 98.8 Å². The van der Waals surface area contributed by atoms with Crippen molar-refractivity contribution < 1.29 is 4.79 Å². The van der Waals surface area contributed by atoms with Crippen molar-refractivity contribution in [3.63, 3.8) is 0 Å². The van der Waals surface area contributed by atoms with E-state index in [1.807, 2.05) is 11.9 Å². The van der Waals surface area contributed by atoms with Crippen LogP contribution in [-0.2, 0) is 0 Å². The van der Waals surface area contributed by atoms with Crippen molar-refractivity contribution in [2.75, 3.05) is 20.1 Å². The van der Waals surface area contributed by atoms with Crippen LogP contribution in [0.15, 0.2) is 0 Å². The van der Waals surface area contributed by atoms with Crippen LogP contribution in [0.25, 0.3) is 0 Å². The van der Waals surface area contributed by atoms with Crippen molar-refractivity contribution in [2.45, 2.75) is 45.7 Å². The van der Waals surface area contributed by atoms with Crippen LogP contribution in [0.2, 0.25) is 0 Å². The summed E-state index contributed by atoms with van der Waals surface area (Å²) in [6, 6.07) is 0.384. The molecule has 1 saturated heterocycles. The van der Waals surface area contributed by atoms with Gasteiger partial charge in [0.1, 0.15) is 0 Å². The van der Waals surface area contributed by atoms with Crippen LogP contribution in [0.4, 0.5) is 4.79 Å². The fraction of sp³-hybridized carbons (Fsp3) is 0.917. The Balaban J connectivity index is 2.60. The van der Waals surface area contributed by atoms with Gasteiger partial charge in [-0.25, -0.2) is 4.79 Å². The van der Waals surface area contributed by atoms with Crippen LogP contribution in [-0.4, -0.2) is 42.6 Å². The number of amides is 2.